The maximum Gasteiger partial charge on any atom is 0.278 e. The first-order chi connectivity index (χ1) is 10.4. The molecular formula is C18H16NPSi. The summed E-state index contributed by atoms with van der Waals surface area (Å²) in [4.78, 5) is 0. The predicted molar refractivity (Wildman–Crippen MR) is 94.7 cm³/mol. The van der Waals surface area contributed by atoms with Gasteiger partial charge in [-0.05, 0) is 24.6 Å². The molecule has 0 unspecified atom stereocenters. The van der Waals surface area contributed by atoms with Gasteiger partial charge in [0, 0.05) is 0 Å². The van der Waals surface area contributed by atoms with Crippen LogP contribution in [-0.2, 0) is 0 Å². The molecule has 0 aliphatic rings. The molecule has 3 aromatic rings. The van der Waals surface area contributed by atoms with E-state index < -0.39 is 8.24 Å². The fourth-order valence-electron chi connectivity index (χ4n) is 2.73. The summed E-state index contributed by atoms with van der Waals surface area (Å²) in [5, 5.41) is 3.83. The van der Waals surface area contributed by atoms with Gasteiger partial charge in [-0.2, -0.15) is 0 Å². The lowest BCUT2D eigenvalue weighted by Crippen LogP contribution is -2.65. The zero-order valence-corrected chi connectivity index (χ0v) is 13.6. The molecule has 0 aromatic heterocycles. The standard InChI is InChI=1S/C18H16NPSi/c20-19-21(16-10-4-1-5-11-16,17-12-6-2-7-13-17)18-14-8-3-9-15-18/h1-15,20H. The van der Waals surface area contributed by atoms with Crippen molar-refractivity contribution in [2.45, 2.75) is 0 Å². The van der Waals surface area contributed by atoms with Crippen molar-refractivity contribution < 1.29 is 0 Å². The first-order valence-electron chi connectivity index (χ1n) is 6.93. The molecule has 0 N–H and O–H groups in total. The lowest BCUT2D eigenvalue weighted by Gasteiger charge is -2.28. The molecular weight excluding hydrogens is 289 g/mol. The maximum absolute atomic E-state index is 4.77. The largest absolute Gasteiger partial charge is 0.292 e. The Labute approximate surface area is 128 Å². The van der Waals surface area contributed by atoms with E-state index in [1.807, 2.05) is 18.2 Å². The Morgan fingerprint density at radius 1 is 0.524 bits per heavy atom. The molecule has 1 nitrogen and oxygen atoms in total. The molecule has 3 heteroatoms. The number of rotatable bonds is 4. The fraction of sp³-hybridized carbons (Fsp3) is 0. The summed E-state index contributed by atoms with van der Waals surface area (Å²) >= 11 is 0. The average Bonchev–Trinajstić information content (AvgIpc) is 2.59. The molecule has 0 radical (unpaired) electrons. The van der Waals surface area contributed by atoms with Gasteiger partial charge < -0.3 is 0 Å². The predicted octanol–water partition coefficient (Wildman–Crippen LogP) is 2.98. The molecule has 0 heterocycles. The van der Waals surface area contributed by atoms with Gasteiger partial charge in [0.25, 0.3) is 8.24 Å². The number of hydrogen-bond donors (Lipinski definition) is 0. The lowest BCUT2D eigenvalue weighted by molar-refractivity contribution is 1.63. The van der Waals surface area contributed by atoms with Gasteiger partial charge in [0.1, 0.15) is 0 Å². The van der Waals surface area contributed by atoms with Crippen molar-refractivity contribution in [3.63, 3.8) is 0 Å². The van der Waals surface area contributed by atoms with Crippen molar-refractivity contribution in [3.8, 4) is 0 Å². The summed E-state index contributed by atoms with van der Waals surface area (Å²) in [6.45, 7) is 0. The van der Waals surface area contributed by atoms with Crippen LogP contribution in [0.5, 0.6) is 0 Å². The van der Waals surface area contributed by atoms with Crippen molar-refractivity contribution in [2.75, 3.05) is 0 Å². The summed E-state index contributed by atoms with van der Waals surface area (Å²) in [5.74, 6) is 0. The molecule has 0 spiro atoms. The summed E-state index contributed by atoms with van der Waals surface area (Å²) in [7, 11) is 1.17. The molecule has 0 saturated heterocycles. The highest BCUT2D eigenvalue weighted by molar-refractivity contribution is 7.19. The van der Waals surface area contributed by atoms with Crippen LogP contribution in [0.4, 0.5) is 0 Å². The summed E-state index contributed by atoms with van der Waals surface area (Å²) in [6, 6.07) is 31.7. The monoisotopic (exact) mass is 305 g/mol. The topological polar surface area (TPSA) is 12.4 Å². The van der Waals surface area contributed by atoms with E-state index in [2.05, 4.69) is 81.8 Å². The van der Waals surface area contributed by atoms with Crippen molar-refractivity contribution in [3.05, 3.63) is 91.0 Å². The number of benzene rings is 3. The molecule has 0 bridgehead atoms. The van der Waals surface area contributed by atoms with E-state index in [4.69, 9.17) is 4.41 Å². The van der Waals surface area contributed by atoms with Crippen molar-refractivity contribution >= 4 is 32.8 Å². The minimum Gasteiger partial charge on any atom is -0.292 e. The van der Waals surface area contributed by atoms with E-state index in [1.165, 1.54) is 15.6 Å². The van der Waals surface area contributed by atoms with Crippen LogP contribution >= 0.6 is 9.03 Å². The Bertz CT molecular complexity index is 617. The maximum atomic E-state index is 4.77. The van der Waals surface area contributed by atoms with E-state index >= 15 is 0 Å². The SMILES string of the molecule is P=N[Si](c1ccccc1)(c1ccccc1)c1ccccc1. The third-order valence-electron chi connectivity index (χ3n) is 3.74. The van der Waals surface area contributed by atoms with Gasteiger partial charge >= 0.3 is 0 Å². The van der Waals surface area contributed by atoms with Crippen LogP contribution in [0, 0.1) is 0 Å². The Hall–Kier alpha value is -2.02. The van der Waals surface area contributed by atoms with Gasteiger partial charge in [0.15, 0.2) is 0 Å². The minimum absolute atomic E-state index is 1.28. The molecule has 3 aromatic carbocycles. The van der Waals surface area contributed by atoms with E-state index in [1.54, 1.807) is 0 Å². The van der Waals surface area contributed by atoms with Crippen LogP contribution in [0.15, 0.2) is 95.4 Å². The van der Waals surface area contributed by atoms with Gasteiger partial charge in [-0.15, -0.1) is 0 Å². The smallest absolute Gasteiger partial charge is 0.278 e. The van der Waals surface area contributed by atoms with Gasteiger partial charge in [0.05, 0.1) is 0 Å². The highest BCUT2D eigenvalue weighted by Crippen LogP contribution is 2.10. The molecule has 0 atom stereocenters. The highest BCUT2D eigenvalue weighted by Gasteiger charge is 2.39. The van der Waals surface area contributed by atoms with Crippen molar-refractivity contribution in [2.24, 2.45) is 4.41 Å². The second-order valence-corrected chi connectivity index (χ2v) is 8.97. The van der Waals surface area contributed by atoms with Crippen LogP contribution in [0.25, 0.3) is 0 Å². The van der Waals surface area contributed by atoms with Crippen LogP contribution < -0.4 is 15.6 Å². The molecule has 0 fully saturated rings. The molecule has 21 heavy (non-hydrogen) atoms. The number of nitrogens with zero attached hydrogens (tertiary/aromatic N) is 1. The summed E-state index contributed by atoms with van der Waals surface area (Å²) in [5.41, 5.74) is 0. The van der Waals surface area contributed by atoms with Crippen LogP contribution in [0.1, 0.15) is 0 Å². The first kappa shape index (κ1) is 13.9. The second-order valence-electron chi connectivity index (χ2n) is 4.92. The van der Waals surface area contributed by atoms with Crippen LogP contribution in [-0.4, -0.2) is 8.24 Å². The Morgan fingerprint density at radius 2 is 0.810 bits per heavy atom. The van der Waals surface area contributed by atoms with Crippen LogP contribution in [0.3, 0.4) is 0 Å². The van der Waals surface area contributed by atoms with E-state index in [-0.39, 0.29) is 0 Å². The van der Waals surface area contributed by atoms with Gasteiger partial charge in [-0.3, -0.25) is 4.41 Å². The zero-order chi connectivity index (χ0) is 14.5. The molecule has 3 rings (SSSR count). The van der Waals surface area contributed by atoms with E-state index in [9.17, 15) is 0 Å². The fourth-order valence-corrected chi connectivity index (χ4v) is 7.31. The summed E-state index contributed by atoms with van der Waals surface area (Å²) < 4.78 is 4.77. The van der Waals surface area contributed by atoms with Gasteiger partial charge in [-0.25, -0.2) is 0 Å². The van der Waals surface area contributed by atoms with Gasteiger partial charge in [0.2, 0.25) is 0 Å². The highest BCUT2D eigenvalue weighted by atomic mass is 31.0. The van der Waals surface area contributed by atoms with E-state index in [0.29, 0.717) is 0 Å². The number of hydrogen-bond acceptors (Lipinski definition) is 1. The first-order valence-corrected chi connectivity index (χ1v) is 9.32. The average molecular weight is 305 g/mol. The third kappa shape index (κ3) is 2.48. The lowest BCUT2D eigenvalue weighted by atomic mass is 10.3. The Balaban J connectivity index is 2.31. The molecule has 102 valence electrons. The Kier molecular flexibility index (Phi) is 4.10. The Morgan fingerprint density at radius 3 is 1.05 bits per heavy atom. The normalized spacial score (nSPS) is 11.0. The van der Waals surface area contributed by atoms with Gasteiger partial charge in [-0.1, -0.05) is 91.0 Å². The van der Waals surface area contributed by atoms with Crippen LogP contribution in [0.2, 0.25) is 0 Å². The summed E-state index contributed by atoms with van der Waals surface area (Å²) in [6.07, 6.45) is 0. The van der Waals surface area contributed by atoms with E-state index in [0.717, 1.165) is 0 Å². The van der Waals surface area contributed by atoms with Crippen molar-refractivity contribution in [1.82, 2.24) is 0 Å². The molecule has 0 aliphatic carbocycles. The van der Waals surface area contributed by atoms with Crippen molar-refractivity contribution in [1.29, 1.82) is 0 Å². The molecule has 0 amide bonds. The molecule has 0 aliphatic heterocycles. The second kappa shape index (κ2) is 6.17. The zero-order valence-electron chi connectivity index (χ0n) is 11.6. The third-order valence-corrected chi connectivity index (χ3v) is 8.59. The minimum atomic E-state index is -2.36. The quantitative estimate of drug-likeness (QED) is 0.399. The molecule has 0 saturated carbocycles.